The van der Waals surface area contributed by atoms with Crippen molar-refractivity contribution in [3.05, 3.63) is 0 Å². The Kier molecular flexibility index (Phi) is 5.85. The molecule has 2 rings (SSSR count). The highest BCUT2D eigenvalue weighted by atomic mass is 16.3. The Labute approximate surface area is 122 Å². The molecule has 4 nitrogen and oxygen atoms in total. The first-order valence-corrected chi connectivity index (χ1v) is 8.39. The number of amides is 1. The van der Waals surface area contributed by atoms with Gasteiger partial charge in [0.25, 0.3) is 0 Å². The maximum absolute atomic E-state index is 12.5. The van der Waals surface area contributed by atoms with Crippen LogP contribution in [0.15, 0.2) is 0 Å². The first-order valence-electron chi connectivity index (χ1n) is 8.39. The second-order valence-corrected chi connectivity index (χ2v) is 6.55. The van der Waals surface area contributed by atoms with E-state index in [0.29, 0.717) is 6.54 Å². The van der Waals surface area contributed by atoms with Gasteiger partial charge in [-0.3, -0.25) is 4.79 Å². The lowest BCUT2D eigenvalue weighted by Gasteiger charge is -2.38. The number of β-amino-alcohol motifs (C(OH)–C–C–N with tert-alkyl or cyclic N) is 1. The lowest BCUT2D eigenvalue weighted by Crippen LogP contribution is -2.55. The Hall–Kier alpha value is -0.610. The van der Waals surface area contributed by atoms with Gasteiger partial charge in [-0.25, -0.2) is 0 Å². The van der Waals surface area contributed by atoms with Gasteiger partial charge in [0.2, 0.25) is 5.91 Å². The first kappa shape index (κ1) is 15.8. The van der Waals surface area contributed by atoms with Crippen molar-refractivity contribution in [2.24, 2.45) is 0 Å². The molecule has 1 saturated heterocycles. The number of hydrogen-bond acceptors (Lipinski definition) is 3. The molecule has 1 amide bonds. The highest BCUT2D eigenvalue weighted by molar-refractivity contribution is 5.82. The first-order chi connectivity index (χ1) is 9.64. The Morgan fingerprint density at radius 3 is 2.60 bits per heavy atom. The van der Waals surface area contributed by atoms with Crippen molar-refractivity contribution in [1.82, 2.24) is 10.2 Å². The predicted octanol–water partition coefficient (Wildman–Crippen LogP) is 2.06. The SMILES string of the molecule is CCCNC1CCCN(CC2(O)CCCCCC2)C1=O. The van der Waals surface area contributed by atoms with Crippen LogP contribution in [0.2, 0.25) is 0 Å². The minimum Gasteiger partial charge on any atom is -0.388 e. The van der Waals surface area contributed by atoms with Gasteiger partial charge in [0.05, 0.1) is 11.6 Å². The number of nitrogens with zero attached hydrogens (tertiary/aromatic N) is 1. The van der Waals surface area contributed by atoms with Gasteiger partial charge in [0.1, 0.15) is 0 Å². The van der Waals surface area contributed by atoms with Crippen LogP contribution in [0.25, 0.3) is 0 Å². The van der Waals surface area contributed by atoms with Crippen molar-refractivity contribution in [3.8, 4) is 0 Å². The molecular weight excluding hydrogens is 252 g/mol. The quantitative estimate of drug-likeness (QED) is 0.759. The fraction of sp³-hybridized carbons (Fsp3) is 0.938. The third kappa shape index (κ3) is 4.19. The number of piperidine rings is 1. The van der Waals surface area contributed by atoms with E-state index in [1.807, 2.05) is 4.90 Å². The van der Waals surface area contributed by atoms with Gasteiger partial charge in [-0.2, -0.15) is 0 Å². The summed E-state index contributed by atoms with van der Waals surface area (Å²) in [4.78, 5) is 14.4. The van der Waals surface area contributed by atoms with Gasteiger partial charge in [-0.15, -0.1) is 0 Å². The molecular formula is C16H30N2O2. The number of hydrogen-bond donors (Lipinski definition) is 2. The van der Waals surface area contributed by atoms with Crippen LogP contribution in [0.5, 0.6) is 0 Å². The van der Waals surface area contributed by atoms with Crippen LogP contribution in [0.4, 0.5) is 0 Å². The third-order valence-corrected chi connectivity index (χ3v) is 4.69. The topological polar surface area (TPSA) is 52.6 Å². The standard InChI is InChI=1S/C16H30N2O2/c1-2-11-17-14-8-7-12-18(15(14)19)13-16(20)9-5-3-4-6-10-16/h14,17,20H,2-13H2,1H3. The molecule has 20 heavy (non-hydrogen) atoms. The fourth-order valence-corrected chi connectivity index (χ4v) is 3.51. The van der Waals surface area contributed by atoms with E-state index in [9.17, 15) is 9.90 Å². The Morgan fingerprint density at radius 2 is 1.95 bits per heavy atom. The molecule has 4 heteroatoms. The van der Waals surface area contributed by atoms with Gasteiger partial charge in [0.15, 0.2) is 0 Å². The number of aliphatic hydroxyl groups is 1. The van der Waals surface area contributed by atoms with Crippen LogP contribution in [-0.2, 0) is 4.79 Å². The average Bonchev–Trinajstić information content (AvgIpc) is 2.65. The third-order valence-electron chi connectivity index (χ3n) is 4.69. The molecule has 0 bridgehead atoms. The Morgan fingerprint density at radius 1 is 1.25 bits per heavy atom. The normalized spacial score (nSPS) is 27.4. The van der Waals surface area contributed by atoms with Crippen LogP contribution in [0, 0.1) is 0 Å². The van der Waals surface area contributed by atoms with Gasteiger partial charge in [0, 0.05) is 13.1 Å². The molecule has 1 atom stereocenters. The Bertz CT molecular complexity index is 312. The van der Waals surface area contributed by atoms with Gasteiger partial charge in [-0.05, 0) is 38.6 Å². The molecule has 1 aliphatic carbocycles. The second-order valence-electron chi connectivity index (χ2n) is 6.55. The summed E-state index contributed by atoms with van der Waals surface area (Å²) in [5.74, 6) is 0.197. The molecule has 2 aliphatic rings. The van der Waals surface area contributed by atoms with Crippen molar-refractivity contribution < 1.29 is 9.90 Å². The molecule has 0 aromatic rings. The fourth-order valence-electron chi connectivity index (χ4n) is 3.51. The average molecular weight is 282 g/mol. The van der Waals surface area contributed by atoms with Gasteiger partial charge < -0.3 is 15.3 Å². The van der Waals surface area contributed by atoms with Gasteiger partial charge >= 0.3 is 0 Å². The summed E-state index contributed by atoms with van der Waals surface area (Å²) >= 11 is 0. The van der Waals surface area contributed by atoms with Crippen molar-refractivity contribution in [2.45, 2.75) is 76.4 Å². The molecule has 0 radical (unpaired) electrons. The predicted molar refractivity (Wildman–Crippen MR) is 80.5 cm³/mol. The van der Waals surface area contributed by atoms with E-state index in [4.69, 9.17) is 0 Å². The van der Waals surface area contributed by atoms with E-state index in [1.54, 1.807) is 0 Å². The zero-order valence-electron chi connectivity index (χ0n) is 12.9. The molecule has 2 N–H and O–H groups in total. The summed E-state index contributed by atoms with van der Waals surface area (Å²) in [6.45, 7) is 4.36. The number of rotatable bonds is 5. The minimum atomic E-state index is -0.640. The van der Waals surface area contributed by atoms with Crippen LogP contribution in [0.3, 0.4) is 0 Å². The van der Waals surface area contributed by atoms with Crippen LogP contribution in [0.1, 0.15) is 64.7 Å². The van der Waals surface area contributed by atoms with Crippen LogP contribution < -0.4 is 5.32 Å². The van der Waals surface area contributed by atoms with E-state index < -0.39 is 5.60 Å². The monoisotopic (exact) mass is 282 g/mol. The summed E-state index contributed by atoms with van der Waals surface area (Å²) in [5, 5.41) is 14.1. The van der Waals surface area contributed by atoms with E-state index >= 15 is 0 Å². The molecule has 116 valence electrons. The maximum Gasteiger partial charge on any atom is 0.239 e. The molecule has 1 unspecified atom stereocenters. The second kappa shape index (κ2) is 7.41. The number of nitrogens with one attached hydrogen (secondary N) is 1. The van der Waals surface area contributed by atoms with E-state index in [-0.39, 0.29) is 11.9 Å². The molecule has 2 fully saturated rings. The smallest absolute Gasteiger partial charge is 0.239 e. The summed E-state index contributed by atoms with van der Waals surface area (Å²) in [6, 6.07) is -0.0296. The van der Waals surface area contributed by atoms with E-state index in [1.165, 1.54) is 12.8 Å². The largest absolute Gasteiger partial charge is 0.388 e. The van der Waals surface area contributed by atoms with Gasteiger partial charge in [-0.1, -0.05) is 32.6 Å². The summed E-state index contributed by atoms with van der Waals surface area (Å²) in [5.41, 5.74) is -0.640. The Balaban J connectivity index is 1.91. The lowest BCUT2D eigenvalue weighted by atomic mass is 9.92. The summed E-state index contributed by atoms with van der Waals surface area (Å²) in [6.07, 6.45) is 9.36. The maximum atomic E-state index is 12.5. The minimum absolute atomic E-state index is 0.0296. The van der Waals surface area contributed by atoms with Crippen molar-refractivity contribution in [1.29, 1.82) is 0 Å². The number of likely N-dealkylation sites (tertiary alicyclic amines) is 1. The highest BCUT2D eigenvalue weighted by Gasteiger charge is 2.35. The number of carbonyl (C=O) groups is 1. The molecule has 1 aliphatic heterocycles. The van der Waals surface area contributed by atoms with Crippen LogP contribution in [-0.4, -0.2) is 47.2 Å². The zero-order chi connectivity index (χ0) is 14.4. The van der Waals surface area contributed by atoms with E-state index in [2.05, 4.69) is 12.2 Å². The molecule has 0 aromatic heterocycles. The van der Waals surface area contributed by atoms with Crippen LogP contribution >= 0.6 is 0 Å². The molecule has 0 aromatic carbocycles. The van der Waals surface area contributed by atoms with Crippen molar-refractivity contribution in [3.63, 3.8) is 0 Å². The zero-order valence-corrected chi connectivity index (χ0v) is 12.9. The molecule has 1 saturated carbocycles. The van der Waals surface area contributed by atoms with Crippen molar-refractivity contribution >= 4 is 5.91 Å². The summed E-state index contributed by atoms with van der Waals surface area (Å²) < 4.78 is 0. The summed E-state index contributed by atoms with van der Waals surface area (Å²) in [7, 11) is 0. The van der Waals surface area contributed by atoms with E-state index in [0.717, 1.165) is 58.0 Å². The van der Waals surface area contributed by atoms with Crippen molar-refractivity contribution in [2.75, 3.05) is 19.6 Å². The molecule has 1 heterocycles. The molecule has 0 spiro atoms. The lowest BCUT2D eigenvalue weighted by molar-refractivity contribution is -0.140. The highest BCUT2D eigenvalue weighted by Crippen LogP contribution is 2.29. The number of carbonyl (C=O) groups excluding carboxylic acids is 1.